The highest BCUT2D eigenvalue weighted by Gasteiger charge is 2.11. The molecule has 22 heavy (non-hydrogen) atoms. The van der Waals surface area contributed by atoms with E-state index in [0.29, 0.717) is 10.8 Å². The molecular weight excluding hydrogens is 323 g/mol. The summed E-state index contributed by atoms with van der Waals surface area (Å²) in [6, 6.07) is 4.50. The molecule has 0 saturated carbocycles. The van der Waals surface area contributed by atoms with Gasteiger partial charge in [0.05, 0.1) is 16.6 Å². The van der Waals surface area contributed by atoms with Crippen molar-refractivity contribution in [1.82, 2.24) is 9.97 Å². The molecule has 4 nitrogen and oxygen atoms in total. The second kappa shape index (κ2) is 5.98. The molecule has 0 spiro atoms. The maximum Gasteiger partial charge on any atom is 0.158 e. The Kier molecular flexibility index (Phi) is 4.04. The molecule has 0 aliphatic rings. The quantitative estimate of drug-likeness (QED) is 0.565. The molecule has 0 unspecified atom stereocenters. The molecule has 2 aromatic heterocycles. The molecule has 2 heterocycles. The van der Waals surface area contributed by atoms with Crippen LogP contribution in [0.4, 0.5) is 10.2 Å². The second-order valence-electron chi connectivity index (χ2n) is 4.69. The first-order chi connectivity index (χ1) is 10.6. The summed E-state index contributed by atoms with van der Waals surface area (Å²) in [6.45, 7) is 4.05. The number of nitrogens with one attached hydrogen (secondary N) is 1. The average molecular weight is 335 g/mol. The zero-order valence-electron chi connectivity index (χ0n) is 11.9. The maximum absolute atomic E-state index is 13.7. The molecule has 112 valence electrons. The first-order valence-corrected chi connectivity index (χ1v) is 7.71. The van der Waals surface area contributed by atoms with Crippen LogP contribution in [0.5, 0.6) is 0 Å². The predicted octanol–water partition coefficient (Wildman–Crippen LogP) is 4.55. The second-order valence-corrected chi connectivity index (χ2v) is 6.30. The number of anilines is 1. The van der Waals surface area contributed by atoms with Gasteiger partial charge >= 0.3 is 0 Å². The molecule has 0 aliphatic heterocycles. The molecule has 0 saturated heterocycles. The first-order valence-electron chi connectivity index (χ1n) is 6.51. The van der Waals surface area contributed by atoms with Crippen molar-refractivity contribution < 1.29 is 4.39 Å². The van der Waals surface area contributed by atoms with Gasteiger partial charge in [-0.2, -0.15) is 5.10 Å². The van der Waals surface area contributed by atoms with Crippen LogP contribution in [-0.2, 0) is 0 Å². The number of thiophene rings is 1. The van der Waals surface area contributed by atoms with Crippen LogP contribution in [0, 0.1) is 19.7 Å². The van der Waals surface area contributed by atoms with Gasteiger partial charge in [-0.1, -0.05) is 17.7 Å². The highest BCUT2D eigenvalue weighted by molar-refractivity contribution is 7.18. The number of nitrogens with zero attached hydrogens (tertiary/aromatic N) is 3. The van der Waals surface area contributed by atoms with Crippen molar-refractivity contribution in [2.45, 2.75) is 13.8 Å². The van der Waals surface area contributed by atoms with Crippen molar-refractivity contribution in [1.29, 1.82) is 0 Å². The number of aryl methyl sites for hydroxylation is 2. The fourth-order valence-corrected chi connectivity index (χ4v) is 3.27. The van der Waals surface area contributed by atoms with Crippen LogP contribution >= 0.6 is 22.9 Å². The van der Waals surface area contributed by atoms with Gasteiger partial charge < -0.3 is 0 Å². The van der Waals surface area contributed by atoms with Gasteiger partial charge in [-0.15, -0.1) is 11.3 Å². The Bertz CT molecular complexity index is 855. The van der Waals surface area contributed by atoms with E-state index in [2.05, 4.69) is 20.5 Å². The van der Waals surface area contributed by atoms with Gasteiger partial charge in [-0.3, -0.25) is 5.43 Å². The fourth-order valence-electron chi connectivity index (χ4n) is 2.06. The lowest BCUT2D eigenvalue weighted by atomic mass is 10.2. The lowest BCUT2D eigenvalue weighted by molar-refractivity contribution is 0.626. The van der Waals surface area contributed by atoms with Crippen LogP contribution in [0.2, 0.25) is 5.02 Å². The molecular formula is C15H12ClFN4S. The molecule has 1 N–H and O–H groups in total. The number of hydrogen-bond donors (Lipinski definition) is 1. The van der Waals surface area contributed by atoms with Gasteiger partial charge in [0.25, 0.3) is 0 Å². The number of halogens is 2. The minimum absolute atomic E-state index is 0.236. The van der Waals surface area contributed by atoms with Gasteiger partial charge in [0, 0.05) is 10.4 Å². The maximum atomic E-state index is 13.7. The van der Waals surface area contributed by atoms with Gasteiger partial charge in [-0.25, -0.2) is 14.4 Å². The van der Waals surface area contributed by atoms with E-state index in [-0.39, 0.29) is 5.56 Å². The topological polar surface area (TPSA) is 50.2 Å². The van der Waals surface area contributed by atoms with Crippen LogP contribution in [0.25, 0.3) is 10.2 Å². The van der Waals surface area contributed by atoms with Crippen LogP contribution < -0.4 is 5.43 Å². The summed E-state index contributed by atoms with van der Waals surface area (Å²) in [4.78, 5) is 10.5. The lowest BCUT2D eigenvalue weighted by Gasteiger charge is -2.03. The Hall–Kier alpha value is -2.05. The van der Waals surface area contributed by atoms with E-state index in [0.717, 1.165) is 15.8 Å². The zero-order chi connectivity index (χ0) is 15.7. The standard InChI is InChI=1S/C15H12ClFN4S/c1-8-9(2)22-15-13(8)14(18-7-19-15)21-20-6-10-11(16)4-3-5-12(10)17/h3-7H,1-2H3,(H,18,19,21)/b20-6+. The number of hydrazone groups is 1. The number of fused-ring (bicyclic) bond motifs is 1. The minimum Gasteiger partial charge on any atom is -0.261 e. The molecule has 0 aliphatic carbocycles. The summed E-state index contributed by atoms with van der Waals surface area (Å²) in [5.41, 5.74) is 4.19. The monoisotopic (exact) mass is 334 g/mol. The van der Waals surface area contributed by atoms with E-state index >= 15 is 0 Å². The van der Waals surface area contributed by atoms with E-state index in [1.807, 2.05) is 13.8 Å². The van der Waals surface area contributed by atoms with Crippen LogP contribution in [0.15, 0.2) is 29.6 Å². The van der Waals surface area contributed by atoms with E-state index in [4.69, 9.17) is 11.6 Å². The minimum atomic E-state index is -0.423. The number of benzene rings is 1. The van der Waals surface area contributed by atoms with Crippen LogP contribution in [-0.4, -0.2) is 16.2 Å². The third-order valence-electron chi connectivity index (χ3n) is 3.33. The lowest BCUT2D eigenvalue weighted by Crippen LogP contribution is -1.97. The Morgan fingerprint density at radius 2 is 2.14 bits per heavy atom. The Labute approximate surface area is 135 Å². The summed E-state index contributed by atoms with van der Waals surface area (Å²) in [5, 5.41) is 5.29. The van der Waals surface area contributed by atoms with E-state index in [1.165, 1.54) is 23.5 Å². The molecule has 3 rings (SSSR count). The van der Waals surface area contributed by atoms with Crippen molar-refractivity contribution in [3.05, 3.63) is 51.4 Å². The number of aromatic nitrogens is 2. The van der Waals surface area contributed by atoms with Crippen LogP contribution in [0.1, 0.15) is 16.0 Å². The van der Waals surface area contributed by atoms with E-state index in [9.17, 15) is 4.39 Å². The van der Waals surface area contributed by atoms with Crippen molar-refractivity contribution in [3.8, 4) is 0 Å². The van der Waals surface area contributed by atoms with Gasteiger partial charge in [-0.05, 0) is 31.5 Å². The molecule has 0 radical (unpaired) electrons. The highest BCUT2D eigenvalue weighted by Crippen LogP contribution is 2.32. The normalized spacial score (nSPS) is 11.5. The fraction of sp³-hybridized carbons (Fsp3) is 0.133. The molecule has 0 amide bonds. The Morgan fingerprint density at radius 1 is 1.32 bits per heavy atom. The number of hydrogen-bond acceptors (Lipinski definition) is 5. The third-order valence-corrected chi connectivity index (χ3v) is 4.77. The third kappa shape index (κ3) is 2.67. The predicted molar refractivity (Wildman–Crippen MR) is 89.5 cm³/mol. The average Bonchev–Trinajstić information content (AvgIpc) is 2.78. The summed E-state index contributed by atoms with van der Waals surface area (Å²) < 4.78 is 13.7. The first kappa shape index (κ1) is 14.9. The van der Waals surface area contributed by atoms with E-state index < -0.39 is 5.82 Å². The highest BCUT2D eigenvalue weighted by atomic mass is 35.5. The van der Waals surface area contributed by atoms with Crippen molar-refractivity contribution in [2.24, 2.45) is 5.10 Å². The molecule has 3 aromatic rings. The molecule has 1 aromatic carbocycles. The van der Waals surface area contributed by atoms with Crippen LogP contribution in [0.3, 0.4) is 0 Å². The number of rotatable bonds is 3. The van der Waals surface area contributed by atoms with Crippen molar-refractivity contribution >= 4 is 45.2 Å². The Morgan fingerprint density at radius 3 is 2.91 bits per heavy atom. The van der Waals surface area contributed by atoms with E-state index in [1.54, 1.807) is 23.5 Å². The smallest absolute Gasteiger partial charge is 0.158 e. The SMILES string of the molecule is Cc1sc2ncnc(N/N=C/c3c(F)cccc3Cl)c2c1C. The molecule has 7 heteroatoms. The van der Waals surface area contributed by atoms with Gasteiger partial charge in [0.1, 0.15) is 17.0 Å². The van der Waals surface area contributed by atoms with Crippen molar-refractivity contribution in [2.75, 3.05) is 5.43 Å². The zero-order valence-corrected chi connectivity index (χ0v) is 13.5. The molecule has 0 bridgehead atoms. The van der Waals surface area contributed by atoms with Gasteiger partial charge in [0.2, 0.25) is 0 Å². The summed E-state index contributed by atoms with van der Waals surface area (Å²) in [5.74, 6) is 0.170. The molecule has 0 atom stereocenters. The largest absolute Gasteiger partial charge is 0.261 e. The van der Waals surface area contributed by atoms with Gasteiger partial charge in [0.15, 0.2) is 5.82 Å². The molecule has 0 fully saturated rings. The summed E-state index contributed by atoms with van der Waals surface area (Å²) >= 11 is 7.56. The Balaban J connectivity index is 1.93. The summed E-state index contributed by atoms with van der Waals surface area (Å²) in [7, 11) is 0. The summed E-state index contributed by atoms with van der Waals surface area (Å²) in [6.07, 6.45) is 2.83. The van der Waals surface area contributed by atoms with Crippen molar-refractivity contribution in [3.63, 3.8) is 0 Å².